The Balaban J connectivity index is 2.38. The molecule has 0 aliphatic heterocycles. The number of carbonyl (C=O) groups excluding carboxylic acids is 1. The molecule has 0 saturated carbocycles. The van der Waals surface area contributed by atoms with Crippen molar-refractivity contribution >= 4 is 12.0 Å². The van der Waals surface area contributed by atoms with Crippen LogP contribution in [0, 0.1) is 6.92 Å². The van der Waals surface area contributed by atoms with Crippen LogP contribution in [0.15, 0.2) is 10.6 Å². The van der Waals surface area contributed by atoms with E-state index in [9.17, 15) is 9.59 Å². The molecule has 1 unspecified atom stereocenters. The number of rotatable bonds is 6. The van der Waals surface area contributed by atoms with Crippen LogP contribution in [0.5, 0.6) is 0 Å². The van der Waals surface area contributed by atoms with Crippen molar-refractivity contribution in [3.63, 3.8) is 0 Å². The molecule has 1 aromatic heterocycles. The lowest BCUT2D eigenvalue weighted by Crippen LogP contribution is -2.46. The molecule has 0 aliphatic carbocycles. The number of aliphatic hydroxyl groups excluding tert-OH is 1. The highest BCUT2D eigenvalue weighted by molar-refractivity contribution is 5.82. The zero-order valence-electron chi connectivity index (χ0n) is 9.84. The second-order valence-corrected chi connectivity index (χ2v) is 3.59. The molecule has 1 aromatic rings. The van der Waals surface area contributed by atoms with Crippen LogP contribution in [0.3, 0.4) is 0 Å². The summed E-state index contributed by atoms with van der Waals surface area (Å²) in [4.78, 5) is 26.0. The highest BCUT2D eigenvalue weighted by Crippen LogP contribution is 2.00. The van der Waals surface area contributed by atoms with Gasteiger partial charge in [-0.1, -0.05) is 0 Å². The molecule has 4 N–H and O–H groups in total. The minimum atomic E-state index is -1.20. The number of hydrogen-bond donors (Lipinski definition) is 4. The molecule has 8 nitrogen and oxygen atoms in total. The monoisotopic (exact) mass is 257 g/mol. The first kappa shape index (κ1) is 14.0. The van der Waals surface area contributed by atoms with E-state index in [0.29, 0.717) is 11.7 Å². The van der Waals surface area contributed by atoms with Gasteiger partial charge in [0.25, 0.3) is 0 Å². The first-order chi connectivity index (χ1) is 8.52. The summed E-state index contributed by atoms with van der Waals surface area (Å²) in [5.74, 6) is -0.251. The lowest BCUT2D eigenvalue weighted by Gasteiger charge is -2.13. The molecule has 1 atom stereocenters. The average molecular weight is 257 g/mol. The van der Waals surface area contributed by atoms with E-state index in [1.165, 1.54) is 6.20 Å². The fraction of sp³-hybridized carbons (Fsp3) is 0.500. The SMILES string of the molecule is Cc1cnc(CNC(=O)NC(CCO)C(=O)O)o1. The van der Waals surface area contributed by atoms with E-state index in [1.54, 1.807) is 6.92 Å². The second kappa shape index (κ2) is 6.60. The standard InChI is InChI=1S/C10H15N3O5/c1-6-4-11-8(18-6)5-12-10(17)13-7(2-3-14)9(15)16/h4,7,14H,2-3,5H2,1H3,(H,15,16)(H2,12,13,17). The molecule has 2 amide bonds. The summed E-state index contributed by atoms with van der Waals surface area (Å²) < 4.78 is 5.12. The van der Waals surface area contributed by atoms with Crippen molar-refractivity contribution in [2.75, 3.05) is 6.61 Å². The lowest BCUT2D eigenvalue weighted by atomic mass is 10.2. The summed E-state index contributed by atoms with van der Waals surface area (Å²) in [5, 5.41) is 22.0. The number of nitrogens with zero attached hydrogens (tertiary/aromatic N) is 1. The number of aliphatic hydroxyl groups is 1. The van der Waals surface area contributed by atoms with Crippen LogP contribution in [0.25, 0.3) is 0 Å². The Bertz CT molecular complexity index is 417. The zero-order chi connectivity index (χ0) is 13.5. The number of aryl methyl sites for hydroxylation is 1. The van der Waals surface area contributed by atoms with Crippen molar-refractivity contribution in [1.29, 1.82) is 0 Å². The fourth-order valence-corrected chi connectivity index (χ4v) is 1.23. The van der Waals surface area contributed by atoms with Gasteiger partial charge in [0.2, 0.25) is 5.89 Å². The third kappa shape index (κ3) is 4.42. The Morgan fingerprint density at radius 2 is 2.28 bits per heavy atom. The van der Waals surface area contributed by atoms with Crippen LogP contribution in [0.4, 0.5) is 4.79 Å². The maximum atomic E-state index is 11.4. The number of carbonyl (C=O) groups is 2. The van der Waals surface area contributed by atoms with E-state index < -0.39 is 18.0 Å². The summed E-state index contributed by atoms with van der Waals surface area (Å²) in [6.45, 7) is 1.46. The van der Waals surface area contributed by atoms with Crippen molar-refractivity contribution in [3.8, 4) is 0 Å². The van der Waals surface area contributed by atoms with Gasteiger partial charge in [-0.05, 0) is 6.92 Å². The van der Waals surface area contributed by atoms with Gasteiger partial charge in [0.15, 0.2) is 0 Å². The molecular formula is C10H15N3O5. The predicted octanol–water partition coefficient (Wildman–Crippen LogP) is -0.382. The lowest BCUT2D eigenvalue weighted by molar-refractivity contribution is -0.139. The van der Waals surface area contributed by atoms with E-state index in [0.717, 1.165) is 0 Å². The Hall–Kier alpha value is -2.09. The van der Waals surface area contributed by atoms with Crippen molar-refractivity contribution < 1.29 is 24.2 Å². The topological polar surface area (TPSA) is 125 Å². The highest BCUT2D eigenvalue weighted by atomic mass is 16.4. The van der Waals surface area contributed by atoms with E-state index in [-0.39, 0.29) is 19.6 Å². The van der Waals surface area contributed by atoms with Crippen molar-refractivity contribution in [2.45, 2.75) is 25.9 Å². The molecule has 0 saturated heterocycles. The van der Waals surface area contributed by atoms with Gasteiger partial charge < -0.3 is 25.3 Å². The third-order valence-electron chi connectivity index (χ3n) is 2.09. The van der Waals surface area contributed by atoms with Gasteiger partial charge >= 0.3 is 12.0 Å². The number of aliphatic carboxylic acids is 1. The summed E-state index contributed by atoms with van der Waals surface area (Å²) in [5.41, 5.74) is 0. The van der Waals surface area contributed by atoms with Gasteiger partial charge in [0.1, 0.15) is 11.8 Å². The first-order valence-corrected chi connectivity index (χ1v) is 5.32. The number of urea groups is 1. The number of nitrogens with one attached hydrogen (secondary N) is 2. The smallest absolute Gasteiger partial charge is 0.326 e. The maximum absolute atomic E-state index is 11.4. The van der Waals surface area contributed by atoms with Gasteiger partial charge in [-0.3, -0.25) is 0 Å². The molecule has 18 heavy (non-hydrogen) atoms. The minimum Gasteiger partial charge on any atom is -0.480 e. The minimum absolute atomic E-state index is 0.0547. The molecule has 0 fully saturated rings. The van der Waals surface area contributed by atoms with Crippen LogP contribution in [0.2, 0.25) is 0 Å². The molecule has 0 aromatic carbocycles. The van der Waals surface area contributed by atoms with Gasteiger partial charge in [-0.15, -0.1) is 0 Å². The summed E-state index contributed by atoms with van der Waals surface area (Å²) in [6.07, 6.45) is 1.46. The number of carboxylic acid groups (broad SMARTS) is 1. The normalized spacial score (nSPS) is 11.9. The maximum Gasteiger partial charge on any atom is 0.326 e. The molecule has 0 radical (unpaired) electrons. The van der Waals surface area contributed by atoms with E-state index in [4.69, 9.17) is 14.6 Å². The largest absolute Gasteiger partial charge is 0.480 e. The Labute approximate surface area is 103 Å². The Morgan fingerprint density at radius 1 is 1.56 bits per heavy atom. The summed E-state index contributed by atoms with van der Waals surface area (Å²) in [6, 6.07) is -1.78. The van der Waals surface area contributed by atoms with Gasteiger partial charge in [-0.2, -0.15) is 0 Å². The number of aromatic nitrogens is 1. The van der Waals surface area contributed by atoms with E-state index in [2.05, 4.69) is 15.6 Å². The van der Waals surface area contributed by atoms with Crippen LogP contribution < -0.4 is 10.6 Å². The van der Waals surface area contributed by atoms with E-state index >= 15 is 0 Å². The van der Waals surface area contributed by atoms with E-state index in [1.807, 2.05) is 0 Å². The molecule has 1 rings (SSSR count). The van der Waals surface area contributed by atoms with Crippen LogP contribution in [0.1, 0.15) is 18.1 Å². The summed E-state index contributed by atoms with van der Waals surface area (Å²) >= 11 is 0. The molecule has 1 heterocycles. The van der Waals surface area contributed by atoms with Crippen LogP contribution >= 0.6 is 0 Å². The van der Waals surface area contributed by atoms with Gasteiger partial charge in [0.05, 0.1) is 12.7 Å². The first-order valence-electron chi connectivity index (χ1n) is 5.32. The highest BCUT2D eigenvalue weighted by Gasteiger charge is 2.19. The summed E-state index contributed by atoms with van der Waals surface area (Å²) in [7, 11) is 0. The van der Waals surface area contributed by atoms with Gasteiger partial charge in [-0.25, -0.2) is 14.6 Å². The molecule has 0 spiro atoms. The number of oxazole rings is 1. The van der Waals surface area contributed by atoms with Crippen molar-refractivity contribution in [3.05, 3.63) is 17.8 Å². The second-order valence-electron chi connectivity index (χ2n) is 3.59. The average Bonchev–Trinajstić information content (AvgIpc) is 2.72. The number of carboxylic acids is 1. The van der Waals surface area contributed by atoms with Crippen molar-refractivity contribution in [2.24, 2.45) is 0 Å². The zero-order valence-corrected chi connectivity index (χ0v) is 9.84. The quantitative estimate of drug-likeness (QED) is 0.550. The Morgan fingerprint density at radius 3 is 2.78 bits per heavy atom. The molecule has 100 valence electrons. The predicted molar refractivity (Wildman–Crippen MR) is 59.7 cm³/mol. The molecule has 8 heteroatoms. The number of amides is 2. The number of hydrogen-bond acceptors (Lipinski definition) is 5. The van der Waals surface area contributed by atoms with Crippen LogP contribution in [-0.4, -0.2) is 39.8 Å². The third-order valence-corrected chi connectivity index (χ3v) is 2.09. The molecule has 0 bridgehead atoms. The Kier molecular flexibility index (Phi) is 5.12. The van der Waals surface area contributed by atoms with Crippen LogP contribution in [-0.2, 0) is 11.3 Å². The van der Waals surface area contributed by atoms with Gasteiger partial charge in [0, 0.05) is 13.0 Å². The molecular weight excluding hydrogens is 242 g/mol. The van der Waals surface area contributed by atoms with Crippen molar-refractivity contribution in [1.82, 2.24) is 15.6 Å². The molecule has 0 aliphatic rings. The fourth-order valence-electron chi connectivity index (χ4n) is 1.23.